The van der Waals surface area contributed by atoms with Crippen LogP contribution in [0.1, 0.15) is 64.4 Å². The second-order valence-corrected chi connectivity index (χ2v) is 12.3. The summed E-state index contributed by atoms with van der Waals surface area (Å²) < 4.78 is 17.1. The van der Waals surface area contributed by atoms with E-state index in [0.717, 1.165) is 42.6 Å². The molecule has 4 amide bonds. The predicted octanol–water partition coefficient (Wildman–Crippen LogP) is 3.13. The van der Waals surface area contributed by atoms with Crippen LogP contribution >= 0.6 is 0 Å². The van der Waals surface area contributed by atoms with Gasteiger partial charge in [-0.2, -0.15) is 0 Å². The van der Waals surface area contributed by atoms with Crippen LogP contribution in [0.5, 0.6) is 17.2 Å². The summed E-state index contributed by atoms with van der Waals surface area (Å²) in [4.78, 5) is 58.3. The summed E-state index contributed by atoms with van der Waals surface area (Å²) >= 11 is 0. The molecule has 4 bridgehead atoms. The number of fused-ring (bicyclic) bond motifs is 6. The molecule has 242 valence electrons. The minimum Gasteiger partial charge on any atom is -0.493 e. The van der Waals surface area contributed by atoms with Gasteiger partial charge in [-0.05, 0) is 67.5 Å². The summed E-state index contributed by atoms with van der Waals surface area (Å²) in [5.41, 5.74) is 2.32. The number of piperazine rings is 1. The zero-order valence-electron chi connectivity index (χ0n) is 26.3. The summed E-state index contributed by atoms with van der Waals surface area (Å²) in [6, 6.07) is 10.4. The lowest BCUT2D eigenvalue weighted by molar-refractivity contribution is -0.145. The van der Waals surface area contributed by atoms with E-state index >= 15 is 0 Å². The van der Waals surface area contributed by atoms with Crippen molar-refractivity contribution in [3.63, 3.8) is 0 Å². The first kappa shape index (κ1) is 31.1. The minimum atomic E-state index is -0.969. The van der Waals surface area contributed by atoms with Crippen molar-refractivity contribution in [2.75, 3.05) is 33.3 Å². The number of hydrogen-bond acceptors (Lipinski definition) is 8. The predicted molar refractivity (Wildman–Crippen MR) is 167 cm³/mol. The Kier molecular flexibility index (Phi) is 8.96. The van der Waals surface area contributed by atoms with Gasteiger partial charge in [0.15, 0.2) is 17.2 Å². The molecule has 2 atom stereocenters. The maximum Gasteiger partial charge on any atom is 0.276 e. The number of rotatable bonds is 3. The molecular weight excluding hydrogens is 590 g/mol. The molecule has 0 unspecified atom stereocenters. The second-order valence-electron chi connectivity index (χ2n) is 12.3. The third-order valence-corrected chi connectivity index (χ3v) is 8.89. The van der Waals surface area contributed by atoms with Crippen LogP contribution in [0.15, 0.2) is 47.0 Å². The zero-order valence-corrected chi connectivity index (χ0v) is 26.3. The standard InChI is InChI=1S/C34H39N5O7/c1-20(2)29-34(43)39-16-15-38(33(42)30-24-9-4-5-10-26(24)46-37-30)19-25(39)32(41)35-14-13-21-7-6-8-23(17-21)45-28-18-22(31(40)36-29)11-12-27(28)44-3/h6-8,11-12,17-18,20,25,29H,4-5,9-10,13-16,19H2,1-3H3,(H,35,41)(H,36,40)/t25-,29-/m1/s1. The lowest BCUT2D eigenvalue weighted by Gasteiger charge is -2.42. The van der Waals surface area contributed by atoms with Gasteiger partial charge in [-0.15, -0.1) is 0 Å². The lowest BCUT2D eigenvalue weighted by atomic mass is 9.96. The maximum atomic E-state index is 14.2. The summed E-state index contributed by atoms with van der Waals surface area (Å²) in [5.74, 6) is 0.248. The number of benzene rings is 2. The van der Waals surface area contributed by atoms with E-state index in [4.69, 9.17) is 14.0 Å². The van der Waals surface area contributed by atoms with E-state index in [0.29, 0.717) is 30.2 Å². The smallest absolute Gasteiger partial charge is 0.276 e. The number of carbonyl (C=O) groups excluding carboxylic acids is 4. The van der Waals surface area contributed by atoms with E-state index in [1.807, 2.05) is 32.0 Å². The van der Waals surface area contributed by atoms with Crippen LogP contribution in [0.3, 0.4) is 0 Å². The van der Waals surface area contributed by atoms with Gasteiger partial charge in [-0.25, -0.2) is 0 Å². The zero-order chi connectivity index (χ0) is 32.4. The van der Waals surface area contributed by atoms with Crippen molar-refractivity contribution in [2.24, 2.45) is 5.92 Å². The van der Waals surface area contributed by atoms with Crippen molar-refractivity contribution in [1.29, 1.82) is 0 Å². The first-order valence-electron chi connectivity index (χ1n) is 15.8. The van der Waals surface area contributed by atoms with Crippen LogP contribution in [0.2, 0.25) is 0 Å². The molecule has 46 heavy (non-hydrogen) atoms. The molecule has 1 aromatic heterocycles. The number of aromatic nitrogens is 1. The molecule has 0 spiro atoms. The van der Waals surface area contributed by atoms with Gasteiger partial charge < -0.3 is 34.4 Å². The summed E-state index contributed by atoms with van der Waals surface area (Å²) in [6.07, 6.45) is 3.92. The SMILES string of the molecule is COc1ccc2cc1Oc1cccc(c1)CCNC(=O)[C@H]1CN(C(=O)c3noc4c3CCCC4)CCN1C(=O)[C@@H](C(C)C)NC2=O. The summed E-state index contributed by atoms with van der Waals surface area (Å²) in [7, 11) is 1.52. The highest BCUT2D eigenvalue weighted by molar-refractivity contribution is 5.99. The third kappa shape index (κ3) is 6.29. The van der Waals surface area contributed by atoms with Crippen LogP contribution in [-0.2, 0) is 28.9 Å². The Morgan fingerprint density at radius 1 is 1.04 bits per heavy atom. The summed E-state index contributed by atoms with van der Waals surface area (Å²) in [5, 5.41) is 9.96. The molecule has 1 saturated heterocycles. The fraction of sp³-hybridized carbons (Fsp3) is 0.441. The molecule has 3 heterocycles. The van der Waals surface area contributed by atoms with Gasteiger partial charge in [-0.3, -0.25) is 19.2 Å². The fourth-order valence-corrected chi connectivity index (χ4v) is 6.31. The number of amides is 4. The van der Waals surface area contributed by atoms with E-state index in [1.54, 1.807) is 29.2 Å². The quantitative estimate of drug-likeness (QED) is 0.450. The number of nitrogens with one attached hydrogen (secondary N) is 2. The van der Waals surface area contributed by atoms with Gasteiger partial charge in [0.05, 0.1) is 13.7 Å². The number of carbonyl (C=O) groups is 4. The minimum absolute atomic E-state index is 0.0119. The Bertz CT molecular complexity index is 1650. The molecule has 0 radical (unpaired) electrons. The van der Waals surface area contributed by atoms with Crippen molar-refractivity contribution in [2.45, 2.75) is 58.0 Å². The molecular formula is C34H39N5O7. The molecule has 2 aliphatic heterocycles. The van der Waals surface area contributed by atoms with Crippen LogP contribution < -0.4 is 20.1 Å². The maximum absolute atomic E-state index is 14.2. The molecule has 2 N–H and O–H groups in total. The van der Waals surface area contributed by atoms with Crippen molar-refractivity contribution in [1.82, 2.24) is 25.6 Å². The second kappa shape index (κ2) is 13.2. The van der Waals surface area contributed by atoms with Crippen LogP contribution in [-0.4, -0.2) is 84.0 Å². The first-order chi connectivity index (χ1) is 22.2. The highest BCUT2D eigenvalue weighted by atomic mass is 16.5. The van der Waals surface area contributed by atoms with Gasteiger partial charge in [0.25, 0.3) is 11.8 Å². The highest BCUT2D eigenvalue weighted by Crippen LogP contribution is 2.33. The topological polar surface area (TPSA) is 143 Å². The van der Waals surface area contributed by atoms with Gasteiger partial charge in [0.1, 0.15) is 23.6 Å². The summed E-state index contributed by atoms with van der Waals surface area (Å²) in [6.45, 7) is 4.29. The van der Waals surface area contributed by atoms with E-state index in [9.17, 15) is 19.2 Å². The number of nitrogens with zero attached hydrogens (tertiary/aromatic N) is 3. The largest absolute Gasteiger partial charge is 0.493 e. The van der Waals surface area contributed by atoms with Crippen molar-refractivity contribution < 1.29 is 33.2 Å². The Morgan fingerprint density at radius 3 is 2.67 bits per heavy atom. The van der Waals surface area contributed by atoms with Gasteiger partial charge in [0.2, 0.25) is 11.8 Å². The Hall–Kier alpha value is -4.87. The van der Waals surface area contributed by atoms with E-state index in [2.05, 4.69) is 15.8 Å². The van der Waals surface area contributed by atoms with Crippen LogP contribution in [0.4, 0.5) is 0 Å². The molecule has 1 fully saturated rings. The number of methoxy groups -OCH3 is 1. The van der Waals surface area contributed by atoms with Crippen molar-refractivity contribution in [3.8, 4) is 17.2 Å². The number of ether oxygens (including phenoxy) is 2. The highest BCUT2D eigenvalue weighted by Gasteiger charge is 2.41. The van der Waals surface area contributed by atoms with Gasteiger partial charge >= 0.3 is 0 Å². The molecule has 12 nitrogen and oxygen atoms in total. The average molecular weight is 630 g/mol. The lowest BCUT2D eigenvalue weighted by Crippen LogP contribution is -2.65. The van der Waals surface area contributed by atoms with Gasteiger partial charge in [-0.1, -0.05) is 31.1 Å². The van der Waals surface area contributed by atoms with Crippen LogP contribution in [0, 0.1) is 5.92 Å². The Labute approximate surface area is 267 Å². The average Bonchev–Trinajstić information content (AvgIpc) is 3.50. The molecule has 3 aliphatic rings. The fourth-order valence-electron chi connectivity index (χ4n) is 6.31. The molecule has 6 rings (SSSR count). The van der Waals surface area contributed by atoms with E-state index in [1.165, 1.54) is 12.0 Å². The molecule has 3 aromatic rings. The number of hydrogen-bond donors (Lipinski definition) is 2. The van der Waals surface area contributed by atoms with E-state index < -0.39 is 23.9 Å². The van der Waals surface area contributed by atoms with E-state index in [-0.39, 0.29) is 48.6 Å². The number of aryl methyl sites for hydroxylation is 1. The monoisotopic (exact) mass is 629 g/mol. The van der Waals surface area contributed by atoms with Crippen molar-refractivity contribution >= 4 is 23.6 Å². The third-order valence-electron chi connectivity index (χ3n) is 8.89. The first-order valence-corrected chi connectivity index (χ1v) is 15.8. The molecule has 2 aromatic carbocycles. The normalized spacial score (nSPS) is 20.6. The Morgan fingerprint density at radius 2 is 1.87 bits per heavy atom. The van der Waals surface area contributed by atoms with Crippen molar-refractivity contribution in [3.05, 3.63) is 70.6 Å². The van der Waals surface area contributed by atoms with Gasteiger partial charge in [0, 0.05) is 37.2 Å². The molecule has 12 heteroatoms. The molecule has 0 saturated carbocycles. The Balaban J connectivity index is 1.32. The molecule has 1 aliphatic carbocycles. The van der Waals surface area contributed by atoms with Crippen LogP contribution in [0.25, 0.3) is 0 Å².